The van der Waals surface area contributed by atoms with Crippen LogP contribution in [0, 0.1) is 5.92 Å². The first-order valence-electron chi connectivity index (χ1n) is 8.54. The largest absolute Gasteiger partial charge is 0.489 e. The van der Waals surface area contributed by atoms with Gasteiger partial charge in [-0.25, -0.2) is 0 Å². The number of nitrogens with two attached hydrogens (primary N) is 1. The standard InChI is InChI=1S/C20H24N2O2/c21-13-15-8-6-12-19(15)22-20(23)18-11-5-4-7-16(18)14-24-17-9-2-1-3-10-17/h1-5,7,9-11,15,19H,6,8,12-14,21H2,(H,22,23). The zero-order chi connectivity index (χ0) is 16.8. The number of benzene rings is 2. The Morgan fingerprint density at radius 3 is 2.62 bits per heavy atom. The molecular formula is C20H24N2O2. The number of hydrogen-bond acceptors (Lipinski definition) is 3. The van der Waals surface area contributed by atoms with Crippen molar-refractivity contribution in [2.75, 3.05) is 6.54 Å². The summed E-state index contributed by atoms with van der Waals surface area (Å²) in [6.45, 7) is 1.00. The van der Waals surface area contributed by atoms with E-state index in [2.05, 4.69) is 5.32 Å². The van der Waals surface area contributed by atoms with E-state index >= 15 is 0 Å². The molecule has 2 unspecified atom stereocenters. The molecule has 3 rings (SSSR count). The van der Waals surface area contributed by atoms with Gasteiger partial charge in [0.1, 0.15) is 12.4 Å². The van der Waals surface area contributed by atoms with Gasteiger partial charge in [-0.3, -0.25) is 4.79 Å². The van der Waals surface area contributed by atoms with Gasteiger partial charge < -0.3 is 15.8 Å². The van der Waals surface area contributed by atoms with E-state index in [9.17, 15) is 4.79 Å². The van der Waals surface area contributed by atoms with Gasteiger partial charge in [0.2, 0.25) is 0 Å². The monoisotopic (exact) mass is 324 g/mol. The van der Waals surface area contributed by atoms with E-state index in [0.29, 0.717) is 24.6 Å². The van der Waals surface area contributed by atoms with E-state index in [1.807, 2.05) is 54.6 Å². The fourth-order valence-corrected chi connectivity index (χ4v) is 3.30. The smallest absolute Gasteiger partial charge is 0.251 e. The lowest BCUT2D eigenvalue weighted by Crippen LogP contribution is -2.40. The molecule has 1 saturated carbocycles. The lowest BCUT2D eigenvalue weighted by Gasteiger charge is -2.20. The van der Waals surface area contributed by atoms with Crippen LogP contribution in [0.15, 0.2) is 54.6 Å². The SMILES string of the molecule is NCC1CCCC1NC(=O)c1ccccc1COc1ccccc1. The molecule has 0 radical (unpaired) electrons. The second-order valence-corrected chi connectivity index (χ2v) is 6.27. The summed E-state index contributed by atoms with van der Waals surface area (Å²) in [5.74, 6) is 1.15. The van der Waals surface area contributed by atoms with Crippen LogP contribution in [0.3, 0.4) is 0 Å². The first-order valence-corrected chi connectivity index (χ1v) is 8.54. The van der Waals surface area contributed by atoms with E-state index in [1.165, 1.54) is 0 Å². The Balaban J connectivity index is 1.68. The molecule has 0 spiro atoms. The number of amides is 1. The minimum atomic E-state index is -0.0346. The Morgan fingerprint density at radius 1 is 1.08 bits per heavy atom. The van der Waals surface area contributed by atoms with Crippen molar-refractivity contribution in [2.45, 2.75) is 31.9 Å². The molecule has 4 heteroatoms. The Kier molecular flexibility index (Phi) is 5.49. The maximum atomic E-state index is 12.7. The molecule has 1 amide bonds. The fourth-order valence-electron chi connectivity index (χ4n) is 3.30. The minimum absolute atomic E-state index is 0.0346. The number of ether oxygens (including phenoxy) is 1. The summed E-state index contributed by atoms with van der Waals surface area (Å²) in [5.41, 5.74) is 7.38. The Morgan fingerprint density at radius 2 is 1.83 bits per heavy atom. The summed E-state index contributed by atoms with van der Waals surface area (Å²) in [7, 11) is 0. The van der Waals surface area contributed by atoms with E-state index in [0.717, 1.165) is 30.6 Å². The van der Waals surface area contributed by atoms with Gasteiger partial charge in [-0.15, -0.1) is 0 Å². The van der Waals surface area contributed by atoms with Crippen LogP contribution in [0.4, 0.5) is 0 Å². The van der Waals surface area contributed by atoms with Crippen LogP contribution in [-0.2, 0) is 6.61 Å². The molecule has 1 aliphatic rings. The van der Waals surface area contributed by atoms with Crippen molar-refractivity contribution in [1.29, 1.82) is 0 Å². The van der Waals surface area contributed by atoms with Gasteiger partial charge in [0.15, 0.2) is 0 Å². The van der Waals surface area contributed by atoms with Crippen molar-refractivity contribution < 1.29 is 9.53 Å². The maximum absolute atomic E-state index is 12.7. The lowest BCUT2D eigenvalue weighted by atomic mass is 10.0. The van der Waals surface area contributed by atoms with Gasteiger partial charge in [-0.1, -0.05) is 42.8 Å². The molecule has 126 valence electrons. The Hall–Kier alpha value is -2.33. The normalized spacial score (nSPS) is 19.9. The van der Waals surface area contributed by atoms with Crippen LogP contribution in [-0.4, -0.2) is 18.5 Å². The third-order valence-electron chi connectivity index (χ3n) is 4.68. The van der Waals surface area contributed by atoms with Gasteiger partial charge in [-0.05, 0) is 43.5 Å². The van der Waals surface area contributed by atoms with Crippen LogP contribution in [0.1, 0.15) is 35.2 Å². The molecule has 2 atom stereocenters. The highest BCUT2D eigenvalue weighted by atomic mass is 16.5. The van der Waals surface area contributed by atoms with Gasteiger partial charge in [0, 0.05) is 17.2 Å². The highest BCUT2D eigenvalue weighted by Gasteiger charge is 2.28. The van der Waals surface area contributed by atoms with Gasteiger partial charge in [-0.2, -0.15) is 0 Å². The minimum Gasteiger partial charge on any atom is -0.489 e. The van der Waals surface area contributed by atoms with Gasteiger partial charge in [0.05, 0.1) is 0 Å². The quantitative estimate of drug-likeness (QED) is 0.858. The first kappa shape index (κ1) is 16.5. The second kappa shape index (κ2) is 7.97. The highest BCUT2D eigenvalue weighted by molar-refractivity contribution is 5.95. The molecule has 3 N–H and O–H groups in total. The van der Waals surface area contributed by atoms with Crippen molar-refractivity contribution in [1.82, 2.24) is 5.32 Å². The summed E-state index contributed by atoms with van der Waals surface area (Å²) in [4.78, 5) is 12.7. The maximum Gasteiger partial charge on any atom is 0.251 e. The fraction of sp³-hybridized carbons (Fsp3) is 0.350. The van der Waals surface area contributed by atoms with Gasteiger partial charge in [0.25, 0.3) is 5.91 Å². The van der Waals surface area contributed by atoms with E-state index in [4.69, 9.17) is 10.5 Å². The zero-order valence-corrected chi connectivity index (χ0v) is 13.8. The Labute approximate surface area is 143 Å². The number of rotatable bonds is 6. The van der Waals surface area contributed by atoms with Crippen LogP contribution >= 0.6 is 0 Å². The van der Waals surface area contributed by atoms with Crippen molar-refractivity contribution in [2.24, 2.45) is 11.7 Å². The number of carbonyl (C=O) groups excluding carboxylic acids is 1. The second-order valence-electron chi connectivity index (χ2n) is 6.27. The van der Waals surface area contributed by atoms with Crippen LogP contribution in [0.25, 0.3) is 0 Å². The average Bonchev–Trinajstić information content (AvgIpc) is 3.08. The molecule has 24 heavy (non-hydrogen) atoms. The van der Waals surface area contributed by atoms with E-state index < -0.39 is 0 Å². The zero-order valence-electron chi connectivity index (χ0n) is 13.8. The molecule has 0 heterocycles. The first-order chi connectivity index (χ1) is 11.8. The predicted molar refractivity (Wildman–Crippen MR) is 94.9 cm³/mol. The summed E-state index contributed by atoms with van der Waals surface area (Å²) < 4.78 is 5.80. The molecular weight excluding hydrogens is 300 g/mol. The van der Waals surface area contributed by atoms with Crippen molar-refractivity contribution in [3.63, 3.8) is 0 Å². The number of carbonyl (C=O) groups is 1. The summed E-state index contributed by atoms with van der Waals surface area (Å²) in [5, 5.41) is 3.16. The molecule has 2 aromatic carbocycles. The van der Waals surface area contributed by atoms with Crippen molar-refractivity contribution in [3.05, 3.63) is 65.7 Å². The van der Waals surface area contributed by atoms with Crippen molar-refractivity contribution >= 4 is 5.91 Å². The van der Waals surface area contributed by atoms with E-state index in [-0.39, 0.29) is 11.9 Å². The molecule has 1 aliphatic carbocycles. The molecule has 1 fully saturated rings. The average molecular weight is 324 g/mol. The molecule has 0 saturated heterocycles. The number of nitrogens with one attached hydrogen (secondary N) is 1. The van der Waals surface area contributed by atoms with Crippen molar-refractivity contribution in [3.8, 4) is 5.75 Å². The Bertz CT molecular complexity index is 672. The molecule has 0 bridgehead atoms. The summed E-state index contributed by atoms with van der Waals surface area (Å²) in [6.07, 6.45) is 3.24. The number of para-hydroxylation sites is 1. The summed E-state index contributed by atoms with van der Waals surface area (Å²) in [6, 6.07) is 17.4. The topological polar surface area (TPSA) is 64.3 Å². The molecule has 2 aromatic rings. The van der Waals surface area contributed by atoms with Crippen LogP contribution in [0.5, 0.6) is 5.75 Å². The van der Waals surface area contributed by atoms with Crippen LogP contribution < -0.4 is 15.8 Å². The van der Waals surface area contributed by atoms with Crippen LogP contribution in [0.2, 0.25) is 0 Å². The predicted octanol–water partition coefficient (Wildman–Crippen LogP) is 3.12. The van der Waals surface area contributed by atoms with E-state index in [1.54, 1.807) is 0 Å². The number of hydrogen-bond donors (Lipinski definition) is 2. The molecule has 4 nitrogen and oxygen atoms in total. The molecule has 0 aliphatic heterocycles. The lowest BCUT2D eigenvalue weighted by molar-refractivity contribution is 0.0926. The summed E-state index contributed by atoms with van der Waals surface area (Å²) >= 11 is 0. The van der Waals surface area contributed by atoms with Gasteiger partial charge >= 0.3 is 0 Å². The molecule has 0 aromatic heterocycles. The highest BCUT2D eigenvalue weighted by Crippen LogP contribution is 2.25. The third-order valence-corrected chi connectivity index (χ3v) is 4.68. The third kappa shape index (κ3) is 3.95.